The quantitative estimate of drug-likeness (QED) is 0.608. The number of guanidine groups is 1. The van der Waals surface area contributed by atoms with Gasteiger partial charge in [0, 0.05) is 5.39 Å². The maximum Gasteiger partial charge on any atom is 0.253 e. The molecule has 1 aromatic carbocycles. The molecule has 0 fully saturated rings. The van der Waals surface area contributed by atoms with Gasteiger partial charge in [-0.1, -0.05) is 0 Å². The Morgan fingerprint density at radius 1 is 1.06 bits per heavy atom. The molecule has 0 atom stereocenters. The second-order valence-electron chi connectivity index (χ2n) is 4.10. The highest BCUT2D eigenvalue weighted by molar-refractivity contribution is 5.85. The van der Waals surface area contributed by atoms with Crippen molar-refractivity contribution in [1.82, 2.24) is 9.97 Å². The standard InChI is InChI=1S/C12H15N5.ClH/c1-6-4-9-8(3)15-12(17-11(13)14)16-10(9)5-7(6)2;/h4-5H,1-3H3,(H4,13,14,15,16,17);1H. The van der Waals surface area contributed by atoms with E-state index >= 15 is 0 Å². The molecule has 2 rings (SSSR count). The maximum absolute atomic E-state index is 5.32. The molecular formula is C12H16ClN5. The van der Waals surface area contributed by atoms with Crippen LogP contribution in [0.2, 0.25) is 0 Å². The molecule has 1 aromatic heterocycles. The summed E-state index contributed by atoms with van der Waals surface area (Å²) in [6.45, 7) is 6.04. The van der Waals surface area contributed by atoms with Gasteiger partial charge in [0.05, 0.1) is 11.2 Å². The summed E-state index contributed by atoms with van der Waals surface area (Å²) in [7, 11) is 0. The van der Waals surface area contributed by atoms with E-state index in [0.29, 0.717) is 5.95 Å². The Hall–Kier alpha value is -1.88. The molecule has 18 heavy (non-hydrogen) atoms. The fraction of sp³-hybridized carbons (Fsp3) is 0.250. The predicted molar refractivity (Wildman–Crippen MR) is 76.5 cm³/mol. The number of aliphatic imine (C=N–C) groups is 1. The van der Waals surface area contributed by atoms with Crippen LogP contribution in [0.25, 0.3) is 10.9 Å². The Bertz CT molecular complexity index is 617. The molecule has 1 heterocycles. The van der Waals surface area contributed by atoms with Crippen molar-refractivity contribution in [3.05, 3.63) is 29.0 Å². The van der Waals surface area contributed by atoms with E-state index in [9.17, 15) is 0 Å². The fourth-order valence-electron chi connectivity index (χ4n) is 1.69. The molecular weight excluding hydrogens is 250 g/mol. The van der Waals surface area contributed by atoms with E-state index in [1.807, 2.05) is 19.9 Å². The molecule has 0 spiro atoms. The van der Waals surface area contributed by atoms with E-state index in [1.54, 1.807) is 0 Å². The molecule has 4 N–H and O–H groups in total. The van der Waals surface area contributed by atoms with Crippen molar-refractivity contribution in [2.24, 2.45) is 16.5 Å². The average molecular weight is 266 g/mol. The molecule has 0 saturated carbocycles. The molecule has 96 valence electrons. The largest absolute Gasteiger partial charge is 0.370 e. The minimum atomic E-state index is -0.0346. The molecule has 0 unspecified atom stereocenters. The van der Waals surface area contributed by atoms with Gasteiger partial charge >= 0.3 is 0 Å². The van der Waals surface area contributed by atoms with Crippen LogP contribution in [0.4, 0.5) is 5.95 Å². The predicted octanol–water partition coefficient (Wildman–Crippen LogP) is 1.88. The lowest BCUT2D eigenvalue weighted by Crippen LogP contribution is -2.22. The van der Waals surface area contributed by atoms with Crippen molar-refractivity contribution in [1.29, 1.82) is 0 Å². The van der Waals surface area contributed by atoms with E-state index in [2.05, 4.69) is 28.0 Å². The number of halogens is 1. The number of rotatable bonds is 1. The molecule has 0 aliphatic rings. The van der Waals surface area contributed by atoms with Crippen LogP contribution in [0, 0.1) is 20.8 Å². The number of fused-ring (bicyclic) bond motifs is 1. The average Bonchev–Trinajstić information content (AvgIpc) is 2.20. The second kappa shape index (κ2) is 5.18. The molecule has 0 saturated heterocycles. The first-order chi connectivity index (χ1) is 7.97. The van der Waals surface area contributed by atoms with Gasteiger partial charge in [0.1, 0.15) is 0 Å². The first-order valence-corrected chi connectivity index (χ1v) is 5.32. The van der Waals surface area contributed by atoms with Crippen molar-refractivity contribution in [3.63, 3.8) is 0 Å². The monoisotopic (exact) mass is 265 g/mol. The number of aryl methyl sites for hydroxylation is 3. The number of nitrogens with zero attached hydrogens (tertiary/aromatic N) is 3. The van der Waals surface area contributed by atoms with Crippen LogP contribution >= 0.6 is 12.4 Å². The van der Waals surface area contributed by atoms with E-state index in [4.69, 9.17) is 11.5 Å². The molecule has 6 heteroatoms. The number of hydrogen-bond donors (Lipinski definition) is 2. The van der Waals surface area contributed by atoms with E-state index in [0.717, 1.165) is 16.6 Å². The van der Waals surface area contributed by atoms with E-state index in [1.165, 1.54) is 11.1 Å². The summed E-state index contributed by atoms with van der Waals surface area (Å²) >= 11 is 0. The Balaban J connectivity index is 0.00000162. The third-order valence-electron chi connectivity index (χ3n) is 2.72. The zero-order valence-corrected chi connectivity index (χ0v) is 11.4. The van der Waals surface area contributed by atoms with Crippen molar-refractivity contribution in [3.8, 4) is 0 Å². The fourth-order valence-corrected chi connectivity index (χ4v) is 1.69. The van der Waals surface area contributed by atoms with Crippen molar-refractivity contribution >= 4 is 35.2 Å². The molecule has 0 aliphatic carbocycles. The van der Waals surface area contributed by atoms with E-state index < -0.39 is 0 Å². The molecule has 2 aromatic rings. The van der Waals surface area contributed by atoms with Crippen LogP contribution in [0.5, 0.6) is 0 Å². The smallest absolute Gasteiger partial charge is 0.253 e. The molecule has 5 nitrogen and oxygen atoms in total. The van der Waals surface area contributed by atoms with Crippen LogP contribution in [-0.2, 0) is 0 Å². The number of aromatic nitrogens is 2. The molecule has 0 bridgehead atoms. The lowest BCUT2D eigenvalue weighted by Gasteiger charge is -2.06. The van der Waals surface area contributed by atoms with Crippen molar-refractivity contribution < 1.29 is 0 Å². The van der Waals surface area contributed by atoms with Crippen LogP contribution in [0.1, 0.15) is 16.8 Å². The first kappa shape index (κ1) is 14.2. The number of nitrogens with two attached hydrogens (primary N) is 2. The van der Waals surface area contributed by atoms with Crippen molar-refractivity contribution in [2.45, 2.75) is 20.8 Å². The third kappa shape index (κ3) is 2.68. The zero-order chi connectivity index (χ0) is 12.6. The highest BCUT2D eigenvalue weighted by Crippen LogP contribution is 2.22. The van der Waals surface area contributed by atoms with Crippen molar-refractivity contribution in [2.75, 3.05) is 0 Å². The summed E-state index contributed by atoms with van der Waals surface area (Å²) in [5, 5.41) is 1.03. The van der Waals surface area contributed by atoms with Gasteiger partial charge in [-0.3, -0.25) is 0 Å². The second-order valence-corrected chi connectivity index (χ2v) is 4.10. The zero-order valence-electron chi connectivity index (χ0n) is 10.6. The summed E-state index contributed by atoms with van der Waals surface area (Å²) in [4.78, 5) is 12.4. The Kier molecular flexibility index (Phi) is 4.08. The molecule has 0 amide bonds. The van der Waals surface area contributed by atoms with Crippen LogP contribution in [0.15, 0.2) is 17.1 Å². The van der Waals surface area contributed by atoms with Gasteiger partial charge in [-0.15, -0.1) is 12.4 Å². The highest BCUT2D eigenvalue weighted by atomic mass is 35.5. The normalized spacial score (nSPS) is 9.94. The minimum Gasteiger partial charge on any atom is -0.370 e. The van der Waals surface area contributed by atoms with Gasteiger partial charge in [-0.05, 0) is 44.0 Å². The topological polar surface area (TPSA) is 90.2 Å². The van der Waals surface area contributed by atoms with Gasteiger partial charge in [0.2, 0.25) is 0 Å². The SMILES string of the molecule is Cc1cc2nc(N=C(N)N)nc(C)c2cc1C.Cl. The van der Waals surface area contributed by atoms with E-state index in [-0.39, 0.29) is 18.4 Å². The van der Waals surface area contributed by atoms with Crippen LogP contribution < -0.4 is 11.5 Å². The number of hydrogen-bond acceptors (Lipinski definition) is 3. The summed E-state index contributed by atoms with van der Waals surface area (Å²) in [5.74, 6) is 0.269. The minimum absolute atomic E-state index is 0. The van der Waals surface area contributed by atoms with Gasteiger partial charge in [-0.25, -0.2) is 9.97 Å². The van der Waals surface area contributed by atoms with Gasteiger partial charge < -0.3 is 11.5 Å². The highest BCUT2D eigenvalue weighted by Gasteiger charge is 2.06. The first-order valence-electron chi connectivity index (χ1n) is 5.32. The third-order valence-corrected chi connectivity index (χ3v) is 2.72. The Labute approximate surface area is 112 Å². The van der Waals surface area contributed by atoms with Gasteiger partial charge in [0.25, 0.3) is 5.95 Å². The Morgan fingerprint density at radius 3 is 2.28 bits per heavy atom. The lowest BCUT2D eigenvalue weighted by atomic mass is 10.1. The van der Waals surface area contributed by atoms with Crippen LogP contribution in [0.3, 0.4) is 0 Å². The summed E-state index contributed by atoms with van der Waals surface area (Å²) < 4.78 is 0. The van der Waals surface area contributed by atoms with Gasteiger partial charge in [0.15, 0.2) is 5.96 Å². The molecule has 0 aliphatic heterocycles. The molecule has 0 radical (unpaired) electrons. The van der Waals surface area contributed by atoms with Crippen LogP contribution in [-0.4, -0.2) is 15.9 Å². The number of benzene rings is 1. The summed E-state index contributed by atoms with van der Waals surface area (Å²) in [6.07, 6.45) is 0. The Morgan fingerprint density at radius 2 is 1.67 bits per heavy atom. The summed E-state index contributed by atoms with van der Waals surface area (Å²) in [6, 6.07) is 4.10. The summed E-state index contributed by atoms with van der Waals surface area (Å²) in [5.41, 5.74) is 14.8. The van der Waals surface area contributed by atoms with Gasteiger partial charge in [-0.2, -0.15) is 4.99 Å². The maximum atomic E-state index is 5.32. The lowest BCUT2D eigenvalue weighted by molar-refractivity contribution is 1.11.